The number of carbonyl (C=O) groups excluding carboxylic acids is 1. The van der Waals surface area contributed by atoms with E-state index in [4.69, 9.17) is 22.1 Å². The van der Waals surface area contributed by atoms with Crippen LogP contribution in [0.15, 0.2) is 53.6 Å². The maximum atomic E-state index is 11.9. The van der Waals surface area contributed by atoms with Gasteiger partial charge in [-0.2, -0.15) is 5.10 Å². The molecule has 5 nitrogen and oxygen atoms in total. The monoisotopic (exact) mass is 333 g/mol. The van der Waals surface area contributed by atoms with Crippen LogP contribution < -0.4 is 15.9 Å². The van der Waals surface area contributed by atoms with E-state index >= 15 is 0 Å². The van der Waals surface area contributed by atoms with Crippen LogP contribution in [0.1, 0.15) is 15.9 Å². The van der Waals surface area contributed by atoms with E-state index in [0.717, 1.165) is 5.56 Å². The number of nitrogens with two attached hydrogens (primary N) is 1. The molecule has 0 saturated heterocycles. The Hall–Kier alpha value is -2.44. The Balaban J connectivity index is 1.98. The molecule has 0 bridgehead atoms. The molecule has 0 atom stereocenters. The molecule has 22 heavy (non-hydrogen) atoms. The van der Waals surface area contributed by atoms with Crippen LogP contribution in [0.2, 0.25) is 5.02 Å². The Kier molecular flexibility index (Phi) is 5.46. The number of halogens is 1. The van der Waals surface area contributed by atoms with Gasteiger partial charge in [-0.25, -0.2) is 4.79 Å². The molecule has 2 aromatic rings. The van der Waals surface area contributed by atoms with Gasteiger partial charge < -0.3 is 10.5 Å². The second-order valence-electron chi connectivity index (χ2n) is 4.20. The number of nitrogens with one attached hydrogen (secondary N) is 1. The number of hydrazone groups is 1. The third-order valence-corrected chi connectivity index (χ3v) is 2.90. The molecule has 3 N–H and O–H groups in total. The minimum absolute atomic E-state index is 0.0877. The van der Waals surface area contributed by atoms with E-state index in [2.05, 4.69) is 22.7 Å². The Morgan fingerprint density at radius 2 is 1.82 bits per heavy atom. The zero-order chi connectivity index (χ0) is 15.9. The first-order valence-corrected chi connectivity index (χ1v) is 6.99. The van der Waals surface area contributed by atoms with Crippen LogP contribution in [0.3, 0.4) is 0 Å². The van der Waals surface area contributed by atoms with Crippen molar-refractivity contribution in [3.05, 3.63) is 64.7 Å². The summed E-state index contributed by atoms with van der Waals surface area (Å²) in [5, 5.41) is 4.47. The molecular formula is C15H12ClN3O2S. The summed E-state index contributed by atoms with van der Waals surface area (Å²) in [5.74, 6) is -0.0207. The fourth-order valence-electron chi connectivity index (χ4n) is 1.54. The number of nitrogens with zero attached hydrogens (tertiary/aromatic N) is 1. The summed E-state index contributed by atoms with van der Waals surface area (Å²) in [6.45, 7) is 0. The number of thiocarbonyl (C=S) groups is 1. The first-order valence-electron chi connectivity index (χ1n) is 6.21. The molecule has 0 aromatic heterocycles. The van der Waals surface area contributed by atoms with Crippen molar-refractivity contribution in [1.82, 2.24) is 5.43 Å². The van der Waals surface area contributed by atoms with E-state index in [1.165, 1.54) is 0 Å². The number of rotatable bonds is 4. The fourth-order valence-corrected chi connectivity index (χ4v) is 1.72. The third-order valence-electron chi connectivity index (χ3n) is 2.56. The van der Waals surface area contributed by atoms with Gasteiger partial charge in [-0.3, -0.25) is 5.43 Å². The van der Waals surface area contributed by atoms with Crippen LogP contribution in [0.25, 0.3) is 0 Å². The SMILES string of the molecule is NC(=S)N/N=C\c1ccc(OC(=O)c2ccc(Cl)cc2)cc1. The van der Waals surface area contributed by atoms with Crippen molar-refractivity contribution < 1.29 is 9.53 Å². The average molecular weight is 334 g/mol. The predicted octanol–water partition coefficient (Wildman–Crippen LogP) is 2.73. The molecular weight excluding hydrogens is 322 g/mol. The van der Waals surface area contributed by atoms with Crippen molar-refractivity contribution in [2.75, 3.05) is 0 Å². The molecule has 0 unspecified atom stereocenters. The maximum Gasteiger partial charge on any atom is 0.343 e. The summed E-state index contributed by atoms with van der Waals surface area (Å²) in [6, 6.07) is 13.3. The summed E-state index contributed by atoms with van der Waals surface area (Å²) in [6.07, 6.45) is 1.55. The Labute approximate surface area is 137 Å². The lowest BCUT2D eigenvalue weighted by atomic mass is 10.2. The van der Waals surface area contributed by atoms with Crippen LogP contribution in [0.5, 0.6) is 5.75 Å². The standard InChI is InChI=1S/C15H12ClN3O2S/c16-12-5-3-11(4-6-12)14(20)21-13-7-1-10(2-8-13)9-18-19-15(17)22/h1-9H,(H3,17,19,22)/b18-9-. The highest BCUT2D eigenvalue weighted by molar-refractivity contribution is 7.80. The highest BCUT2D eigenvalue weighted by Crippen LogP contribution is 2.15. The van der Waals surface area contributed by atoms with E-state index in [9.17, 15) is 4.79 Å². The molecule has 0 aliphatic rings. The van der Waals surface area contributed by atoms with Gasteiger partial charge in [0.2, 0.25) is 0 Å². The van der Waals surface area contributed by atoms with Gasteiger partial charge in [0, 0.05) is 5.02 Å². The normalized spacial score (nSPS) is 10.4. The van der Waals surface area contributed by atoms with Crippen LogP contribution in [0.4, 0.5) is 0 Å². The molecule has 2 aromatic carbocycles. The van der Waals surface area contributed by atoms with E-state index in [1.54, 1.807) is 54.7 Å². The largest absolute Gasteiger partial charge is 0.423 e. The van der Waals surface area contributed by atoms with Crippen LogP contribution >= 0.6 is 23.8 Å². The van der Waals surface area contributed by atoms with Gasteiger partial charge in [0.05, 0.1) is 11.8 Å². The van der Waals surface area contributed by atoms with Crippen molar-refractivity contribution in [1.29, 1.82) is 0 Å². The van der Waals surface area contributed by atoms with Crippen molar-refractivity contribution in [2.45, 2.75) is 0 Å². The van der Waals surface area contributed by atoms with Crippen molar-refractivity contribution in [3.8, 4) is 5.75 Å². The molecule has 0 radical (unpaired) electrons. The number of carbonyl (C=O) groups is 1. The lowest BCUT2D eigenvalue weighted by molar-refractivity contribution is 0.0735. The number of hydrogen-bond acceptors (Lipinski definition) is 4. The topological polar surface area (TPSA) is 76.7 Å². The van der Waals surface area contributed by atoms with Crippen molar-refractivity contribution >= 4 is 41.1 Å². The van der Waals surface area contributed by atoms with Crippen molar-refractivity contribution in [3.63, 3.8) is 0 Å². The summed E-state index contributed by atoms with van der Waals surface area (Å²) < 4.78 is 5.26. The molecule has 0 saturated carbocycles. The maximum absolute atomic E-state index is 11.9. The first kappa shape index (κ1) is 15.9. The van der Waals surface area contributed by atoms with Gasteiger partial charge in [0.1, 0.15) is 5.75 Å². The van der Waals surface area contributed by atoms with E-state index in [0.29, 0.717) is 16.3 Å². The van der Waals surface area contributed by atoms with Crippen molar-refractivity contribution in [2.24, 2.45) is 10.8 Å². The molecule has 112 valence electrons. The second-order valence-corrected chi connectivity index (χ2v) is 5.08. The van der Waals surface area contributed by atoms with E-state index in [1.807, 2.05) is 0 Å². The molecule has 0 spiro atoms. The zero-order valence-corrected chi connectivity index (χ0v) is 12.9. The molecule has 0 aliphatic heterocycles. The number of benzene rings is 2. The quantitative estimate of drug-likeness (QED) is 0.296. The van der Waals surface area contributed by atoms with Crippen LogP contribution in [0, 0.1) is 0 Å². The minimum Gasteiger partial charge on any atom is -0.423 e. The Morgan fingerprint density at radius 1 is 1.18 bits per heavy atom. The minimum atomic E-state index is -0.451. The molecule has 0 aliphatic carbocycles. The van der Waals surface area contributed by atoms with E-state index in [-0.39, 0.29) is 5.11 Å². The summed E-state index contributed by atoms with van der Waals surface area (Å²) in [5.41, 5.74) is 8.92. The highest BCUT2D eigenvalue weighted by atomic mass is 35.5. The van der Waals surface area contributed by atoms with Gasteiger partial charge in [0.25, 0.3) is 0 Å². The third kappa shape index (κ3) is 4.83. The summed E-state index contributed by atoms with van der Waals surface area (Å²) in [4.78, 5) is 11.9. The zero-order valence-electron chi connectivity index (χ0n) is 11.3. The highest BCUT2D eigenvalue weighted by Gasteiger charge is 2.08. The van der Waals surface area contributed by atoms with Gasteiger partial charge in [-0.1, -0.05) is 11.6 Å². The number of hydrogen-bond donors (Lipinski definition) is 2. The Bertz CT molecular complexity index is 700. The molecule has 0 amide bonds. The van der Waals surface area contributed by atoms with Gasteiger partial charge in [-0.05, 0) is 66.3 Å². The lowest BCUT2D eigenvalue weighted by Crippen LogP contribution is -2.23. The second kappa shape index (κ2) is 7.53. The van der Waals surface area contributed by atoms with Gasteiger partial charge >= 0.3 is 5.97 Å². The molecule has 2 rings (SSSR count). The van der Waals surface area contributed by atoms with Gasteiger partial charge in [-0.15, -0.1) is 0 Å². The van der Waals surface area contributed by atoms with E-state index < -0.39 is 5.97 Å². The number of esters is 1. The smallest absolute Gasteiger partial charge is 0.343 e. The lowest BCUT2D eigenvalue weighted by Gasteiger charge is -2.04. The van der Waals surface area contributed by atoms with Gasteiger partial charge in [0.15, 0.2) is 5.11 Å². The molecule has 7 heteroatoms. The number of ether oxygens (including phenoxy) is 1. The fraction of sp³-hybridized carbons (Fsp3) is 0. The molecule has 0 fully saturated rings. The molecule has 0 heterocycles. The average Bonchev–Trinajstić information content (AvgIpc) is 2.49. The first-order chi connectivity index (χ1) is 10.5. The van der Waals surface area contributed by atoms with Crippen LogP contribution in [-0.4, -0.2) is 17.3 Å². The van der Waals surface area contributed by atoms with Crippen LogP contribution in [-0.2, 0) is 0 Å². The Morgan fingerprint density at radius 3 is 2.41 bits per heavy atom. The predicted molar refractivity (Wildman–Crippen MR) is 90.4 cm³/mol. The summed E-state index contributed by atoms with van der Waals surface area (Å²) >= 11 is 10.4. The summed E-state index contributed by atoms with van der Waals surface area (Å²) in [7, 11) is 0.